The molecule has 4 heteroatoms. The second-order valence-corrected chi connectivity index (χ2v) is 5.37. The summed E-state index contributed by atoms with van der Waals surface area (Å²) in [6.07, 6.45) is 8.88. The van der Waals surface area contributed by atoms with Gasteiger partial charge in [-0.15, -0.1) is 24.8 Å². The van der Waals surface area contributed by atoms with Crippen molar-refractivity contribution in [2.75, 3.05) is 6.54 Å². The fourth-order valence-corrected chi connectivity index (χ4v) is 2.64. The lowest BCUT2D eigenvalue weighted by Gasteiger charge is -2.24. The Morgan fingerprint density at radius 1 is 1.26 bits per heavy atom. The first-order valence-electron chi connectivity index (χ1n) is 6.91. The Morgan fingerprint density at radius 2 is 1.95 bits per heavy atom. The number of hydrogen-bond donors (Lipinski definition) is 1. The summed E-state index contributed by atoms with van der Waals surface area (Å²) in [4.78, 5) is 4.25. The zero-order valence-corrected chi connectivity index (χ0v) is 13.5. The van der Waals surface area contributed by atoms with Gasteiger partial charge in [-0.3, -0.25) is 4.98 Å². The molecule has 110 valence electrons. The Hall–Kier alpha value is -0.310. The normalized spacial score (nSPS) is 17.2. The number of halogens is 2. The van der Waals surface area contributed by atoms with Crippen LogP contribution in [0.15, 0.2) is 18.3 Å². The summed E-state index contributed by atoms with van der Waals surface area (Å²) in [6.45, 7) is 5.45. The van der Waals surface area contributed by atoms with E-state index in [-0.39, 0.29) is 24.8 Å². The van der Waals surface area contributed by atoms with Crippen LogP contribution in [0.1, 0.15) is 56.2 Å². The zero-order chi connectivity index (χ0) is 12.1. The molecule has 0 aromatic carbocycles. The van der Waals surface area contributed by atoms with Gasteiger partial charge in [0, 0.05) is 24.5 Å². The molecule has 0 radical (unpaired) electrons. The van der Waals surface area contributed by atoms with Gasteiger partial charge in [-0.05, 0) is 43.4 Å². The zero-order valence-electron chi connectivity index (χ0n) is 11.9. The third kappa shape index (κ3) is 6.11. The fraction of sp³-hybridized carbons (Fsp3) is 0.667. The molecule has 1 N–H and O–H groups in total. The van der Waals surface area contributed by atoms with Crippen LogP contribution in [0.3, 0.4) is 0 Å². The molecule has 1 aromatic rings. The molecule has 1 fully saturated rings. The minimum atomic E-state index is 0. The van der Waals surface area contributed by atoms with E-state index >= 15 is 0 Å². The van der Waals surface area contributed by atoms with E-state index in [4.69, 9.17) is 0 Å². The lowest BCUT2D eigenvalue weighted by atomic mass is 9.94. The van der Waals surface area contributed by atoms with E-state index < -0.39 is 0 Å². The summed E-state index contributed by atoms with van der Waals surface area (Å²) in [5.41, 5.74) is 2.52. The van der Waals surface area contributed by atoms with Crippen LogP contribution in [0.5, 0.6) is 0 Å². The Morgan fingerprint density at radius 3 is 2.58 bits per heavy atom. The van der Waals surface area contributed by atoms with Crippen molar-refractivity contribution in [1.29, 1.82) is 0 Å². The van der Waals surface area contributed by atoms with Crippen LogP contribution in [-0.2, 0) is 0 Å². The van der Waals surface area contributed by atoms with E-state index in [9.17, 15) is 0 Å². The first kappa shape index (κ1) is 18.7. The maximum Gasteiger partial charge on any atom is 0.0375 e. The van der Waals surface area contributed by atoms with Crippen molar-refractivity contribution < 1.29 is 0 Å². The Labute approximate surface area is 129 Å². The molecule has 0 aliphatic heterocycles. The van der Waals surface area contributed by atoms with E-state index in [1.165, 1.54) is 37.7 Å². The molecule has 0 saturated heterocycles. The van der Waals surface area contributed by atoms with E-state index in [0.717, 1.165) is 18.3 Å². The van der Waals surface area contributed by atoms with Crippen molar-refractivity contribution >= 4 is 24.8 Å². The van der Waals surface area contributed by atoms with Crippen molar-refractivity contribution in [3.05, 3.63) is 29.6 Å². The van der Waals surface area contributed by atoms with Gasteiger partial charge in [-0.25, -0.2) is 0 Å². The largest absolute Gasteiger partial charge is 0.313 e. The molecular formula is C15H26Cl2N2. The first-order valence-corrected chi connectivity index (χ1v) is 6.91. The monoisotopic (exact) mass is 304 g/mol. The molecular weight excluding hydrogens is 279 g/mol. The van der Waals surface area contributed by atoms with Gasteiger partial charge in [0.1, 0.15) is 0 Å². The molecule has 1 atom stereocenters. The van der Waals surface area contributed by atoms with Gasteiger partial charge in [0.05, 0.1) is 0 Å². The molecule has 19 heavy (non-hydrogen) atoms. The first-order chi connectivity index (χ1) is 8.25. The fourth-order valence-electron chi connectivity index (χ4n) is 2.64. The molecule has 1 unspecified atom stereocenters. The maximum absolute atomic E-state index is 4.25. The molecule has 1 aliphatic carbocycles. The Balaban J connectivity index is 0.00000162. The highest BCUT2D eigenvalue weighted by atomic mass is 35.5. The van der Waals surface area contributed by atoms with Gasteiger partial charge < -0.3 is 5.32 Å². The highest BCUT2D eigenvalue weighted by Gasteiger charge is 2.14. The average Bonchev–Trinajstić information content (AvgIpc) is 2.37. The van der Waals surface area contributed by atoms with Crippen LogP contribution in [-0.4, -0.2) is 17.6 Å². The maximum atomic E-state index is 4.25. The summed E-state index contributed by atoms with van der Waals surface area (Å²) >= 11 is 0. The average molecular weight is 305 g/mol. The summed E-state index contributed by atoms with van der Waals surface area (Å²) < 4.78 is 0. The number of rotatable bonds is 4. The number of hydrogen-bond acceptors (Lipinski definition) is 2. The SMILES string of the molecule is Cc1cc(C(C)CNC2CCCCC2)ccn1.Cl.Cl. The lowest BCUT2D eigenvalue weighted by Crippen LogP contribution is -2.33. The highest BCUT2D eigenvalue weighted by molar-refractivity contribution is 5.85. The van der Waals surface area contributed by atoms with E-state index in [1.54, 1.807) is 0 Å². The molecule has 1 aromatic heterocycles. The Bertz CT molecular complexity index is 352. The standard InChI is InChI=1S/C15H24N2.2ClH/c1-12(14-8-9-16-13(2)10-14)11-17-15-6-4-3-5-7-15;;/h8-10,12,15,17H,3-7,11H2,1-2H3;2*1H. The third-order valence-corrected chi connectivity index (χ3v) is 3.81. The summed E-state index contributed by atoms with van der Waals surface area (Å²) in [7, 11) is 0. The molecule has 1 saturated carbocycles. The van der Waals surface area contributed by atoms with Crippen molar-refractivity contribution in [3.8, 4) is 0 Å². The van der Waals surface area contributed by atoms with E-state index in [0.29, 0.717) is 5.92 Å². The van der Waals surface area contributed by atoms with Gasteiger partial charge in [0.2, 0.25) is 0 Å². The minimum Gasteiger partial charge on any atom is -0.313 e. The molecule has 0 spiro atoms. The predicted molar refractivity (Wildman–Crippen MR) is 86.8 cm³/mol. The van der Waals surface area contributed by atoms with Crippen molar-refractivity contribution in [1.82, 2.24) is 10.3 Å². The van der Waals surface area contributed by atoms with Crippen LogP contribution in [0.2, 0.25) is 0 Å². The number of aryl methyl sites for hydroxylation is 1. The lowest BCUT2D eigenvalue weighted by molar-refractivity contribution is 0.367. The summed E-state index contributed by atoms with van der Waals surface area (Å²) in [6, 6.07) is 5.10. The molecule has 1 aliphatic rings. The smallest absolute Gasteiger partial charge is 0.0375 e. The van der Waals surface area contributed by atoms with Gasteiger partial charge in [-0.2, -0.15) is 0 Å². The van der Waals surface area contributed by atoms with E-state index in [2.05, 4.69) is 36.3 Å². The minimum absolute atomic E-state index is 0. The highest BCUT2D eigenvalue weighted by Crippen LogP contribution is 2.19. The molecule has 2 rings (SSSR count). The van der Waals surface area contributed by atoms with E-state index in [1.807, 2.05) is 6.20 Å². The van der Waals surface area contributed by atoms with Crippen LogP contribution >= 0.6 is 24.8 Å². The van der Waals surface area contributed by atoms with Crippen molar-refractivity contribution in [2.24, 2.45) is 0 Å². The second-order valence-electron chi connectivity index (χ2n) is 5.37. The van der Waals surface area contributed by atoms with Crippen LogP contribution < -0.4 is 5.32 Å². The number of pyridine rings is 1. The van der Waals surface area contributed by atoms with Gasteiger partial charge >= 0.3 is 0 Å². The van der Waals surface area contributed by atoms with Crippen LogP contribution in [0, 0.1) is 6.92 Å². The van der Waals surface area contributed by atoms with Crippen LogP contribution in [0.4, 0.5) is 0 Å². The predicted octanol–water partition coefficient (Wildman–Crippen LogP) is 4.26. The Kier molecular flexibility index (Phi) is 9.42. The molecule has 0 bridgehead atoms. The third-order valence-electron chi connectivity index (χ3n) is 3.81. The van der Waals surface area contributed by atoms with Crippen molar-refractivity contribution in [2.45, 2.75) is 57.9 Å². The van der Waals surface area contributed by atoms with Gasteiger partial charge in [0.25, 0.3) is 0 Å². The quantitative estimate of drug-likeness (QED) is 0.899. The summed E-state index contributed by atoms with van der Waals surface area (Å²) in [5, 5.41) is 3.72. The molecule has 0 amide bonds. The number of nitrogens with one attached hydrogen (secondary N) is 1. The topological polar surface area (TPSA) is 24.9 Å². The molecule has 2 nitrogen and oxygen atoms in total. The van der Waals surface area contributed by atoms with Crippen molar-refractivity contribution in [3.63, 3.8) is 0 Å². The van der Waals surface area contributed by atoms with Gasteiger partial charge in [0.15, 0.2) is 0 Å². The molecule has 1 heterocycles. The number of nitrogens with zero attached hydrogens (tertiary/aromatic N) is 1. The number of aromatic nitrogens is 1. The van der Waals surface area contributed by atoms with Gasteiger partial charge in [-0.1, -0.05) is 26.2 Å². The van der Waals surface area contributed by atoms with Crippen LogP contribution in [0.25, 0.3) is 0 Å². The second kappa shape index (κ2) is 9.57. The summed E-state index contributed by atoms with van der Waals surface area (Å²) in [5.74, 6) is 0.582.